The van der Waals surface area contributed by atoms with Gasteiger partial charge in [0.05, 0.1) is 6.54 Å². The number of furan rings is 1. The molecular formula is C24H25N3O4. The number of aromatic nitrogens is 2. The largest absolute Gasteiger partial charge is 0.449 e. The lowest BCUT2D eigenvalue weighted by Gasteiger charge is -2.14. The van der Waals surface area contributed by atoms with Gasteiger partial charge in [-0.3, -0.25) is 14.2 Å². The van der Waals surface area contributed by atoms with Crippen molar-refractivity contribution in [2.75, 3.05) is 0 Å². The monoisotopic (exact) mass is 419 g/mol. The Hall–Kier alpha value is -3.61. The maximum Gasteiger partial charge on any atom is 0.332 e. The van der Waals surface area contributed by atoms with Crippen molar-refractivity contribution in [1.29, 1.82) is 0 Å². The lowest BCUT2D eigenvalue weighted by Crippen LogP contribution is -2.44. The first-order chi connectivity index (χ1) is 14.8. The van der Waals surface area contributed by atoms with Gasteiger partial charge in [0.2, 0.25) is 11.5 Å². The molecule has 0 fully saturated rings. The van der Waals surface area contributed by atoms with Crippen LogP contribution in [0.25, 0.3) is 22.1 Å². The third kappa shape index (κ3) is 3.79. The van der Waals surface area contributed by atoms with Crippen LogP contribution >= 0.6 is 0 Å². The molecule has 0 bridgehead atoms. The van der Waals surface area contributed by atoms with Crippen LogP contribution in [0.3, 0.4) is 0 Å². The van der Waals surface area contributed by atoms with E-state index in [4.69, 9.17) is 4.42 Å². The molecule has 1 amide bonds. The Morgan fingerprint density at radius 3 is 2.55 bits per heavy atom. The van der Waals surface area contributed by atoms with E-state index < -0.39 is 17.2 Å². The number of para-hydroxylation sites is 1. The summed E-state index contributed by atoms with van der Waals surface area (Å²) in [5.41, 5.74) is 2.98. The minimum absolute atomic E-state index is 0.0726. The van der Waals surface area contributed by atoms with Gasteiger partial charge in [0.25, 0.3) is 5.56 Å². The molecular weight excluding hydrogens is 394 g/mol. The van der Waals surface area contributed by atoms with Crippen molar-refractivity contribution >= 4 is 28.0 Å². The molecule has 0 aliphatic carbocycles. The van der Waals surface area contributed by atoms with Crippen molar-refractivity contribution in [3.63, 3.8) is 0 Å². The van der Waals surface area contributed by atoms with Gasteiger partial charge in [0, 0.05) is 11.4 Å². The number of benzene rings is 2. The van der Waals surface area contributed by atoms with Gasteiger partial charge in [-0.15, -0.1) is 0 Å². The molecule has 0 radical (unpaired) electrons. The Bertz CT molecular complexity index is 1420. The van der Waals surface area contributed by atoms with E-state index >= 15 is 0 Å². The second kappa shape index (κ2) is 7.91. The summed E-state index contributed by atoms with van der Waals surface area (Å²) < 4.78 is 8.34. The number of hydrogen-bond acceptors (Lipinski definition) is 4. The van der Waals surface area contributed by atoms with Crippen molar-refractivity contribution in [3.05, 3.63) is 80.0 Å². The topological polar surface area (TPSA) is 86.2 Å². The molecule has 0 atom stereocenters. The predicted octanol–water partition coefficient (Wildman–Crippen LogP) is 3.10. The van der Waals surface area contributed by atoms with Gasteiger partial charge in [-0.2, -0.15) is 0 Å². The number of hydrogen-bond donors (Lipinski definition) is 1. The molecule has 0 aliphatic heterocycles. The molecule has 2 aromatic carbocycles. The van der Waals surface area contributed by atoms with E-state index in [0.29, 0.717) is 16.5 Å². The van der Waals surface area contributed by atoms with Crippen molar-refractivity contribution < 1.29 is 9.21 Å². The first-order valence-electron chi connectivity index (χ1n) is 10.3. The second-order valence-corrected chi connectivity index (χ2v) is 8.19. The highest BCUT2D eigenvalue weighted by Crippen LogP contribution is 2.26. The molecule has 0 spiro atoms. The van der Waals surface area contributed by atoms with Crippen LogP contribution in [-0.2, 0) is 17.9 Å². The Morgan fingerprint density at radius 2 is 1.81 bits per heavy atom. The SMILES string of the molecule is Cc1ccc(C)c(Cn2c(=O)n(CC(=O)NC(C)C)c(=O)c3oc4ccccc4c32)c1. The van der Waals surface area contributed by atoms with Crippen LogP contribution in [0.5, 0.6) is 0 Å². The van der Waals surface area contributed by atoms with Crippen LogP contribution in [0, 0.1) is 13.8 Å². The molecule has 4 rings (SSSR count). The van der Waals surface area contributed by atoms with Crippen molar-refractivity contribution in [3.8, 4) is 0 Å². The Kier molecular flexibility index (Phi) is 5.27. The highest BCUT2D eigenvalue weighted by atomic mass is 16.3. The summed E-state index contributed by atoms with van der Waals surface area (Å²) in [5, 5.41) is 3.42. The zero-order valence-electron chi connectivity index (χ0n) is 18.1. The van der Waals surface area contributed by atoms with Crippen LogP contribution in [0.4, 0.5) is 0 Å². The summed E-state index contributed by atoms with van der Waals surface area (Å²) in [4.78, 5) is 39.0. The smallest absolute Gasteiger partial charge is 0.332 e. The molecule has 7 heteroatoms. The lowest BCUT2D eigenvalue weighted by molar-refractivity contribution is -0.122. The molecule has 1 N–H and O–H groups in total. The minimum atomic E-state index is -0.604. The quantitative estimate of drug-likeness (QED) is 0.539. The first kappa shape index (κ1) is 20.7. The maximum absolute atomic E-state index is 13.5. The number of nitrogens with one attached hydrogen (secondary N) is 1. The van der Waals surface area contributed by atoms with E-state index in [0.717, 1.165) is 21.3 Å². The van der Waals surface area contributed by atoms with Gasteiger partial charge in [0.1, 0.15) is 17.6 Å². The van der Waals surface area contributed by atoms with Crippen molar-refractivity contribution in [2.45, 2.75) is 46.8 Å². The fourth-order valence-electron chi connectivity index (χ4n) is 3.83. The Morgan fingerprint density at radius 1 is 1.06 bits per heavy atom. The molecule has 31 heavy (non-hydrogen) atoms. The summed E-state index contributed by atoms with van der Waals surface area (Å²) in [6.07, 6.45) is 0. The number of carbonyl (C=O) groups is 1. The first-order valence-corrected chi connectivity index (χ1v) is 10.3. The number of nitrogens with zero attached hydrogens (tertiary/aromatic N) is 2. The normalized spacial score (nSPS) is 11.5. The van der Waals surface area contributed by atoms with Crippen LogP contribution in [0.2, 0.25) is 0 Å². The number of fused-ring (bicyclic) bond motifs is 3. The molecule has 0 saturated carbocycles. The van der Waals surface area contributed by atoms with Crippen LogP contribution < -0.4 is 16.6 Å². The summed E-state index contributed by atoms with van der Waals surface area (Å²) >= 11 is 0. The summed E-state index contributed by atoms with van der Waals surface area (Å²) in [6, 6.07) is 13.2. The van der Waals surface area contributed by atoms with Crippen LogP contribution in [-0.4, -0.2) is 21.1 Å². The molecule has 4 aromatic rings. The van der Waals surface area contributed by atoms with Gasteiger partial charge in [0.15, 0.2) is 0 Å². The molecule has 7 nitrogen and oxygen atoms in total. The van der Waals surface area contributed by atoms with E-state index in [1.807, 2.05) is 64.1 Å². The fraction of sp³-hybridized carbons (Fsp3) is 0.292. The van der Waals surface area contributed by atoms with E-state index in [-0.39, 0.29) is 24.7 Å². The average Bonchev–Trinajstić information content (AvgIpc) is 3.10. The standard InChI is InChI=1S/C24H25N3O4/c1-14(2)25-20(28)13-27-23(29)22-21(18-7-5-6-8-19(18)31-22)26(24(27)30)12-17-11-15(3)9-10-16(17)4/h5-11,14H,12-13H2,1-4H3,(H,25,28). The van der Waals surface area contributed by atoms with Gasteiger partial charge in [-0.05, 0) is 51.0 Å². The van der Waals surface area contributed by atoms with Crippen molar-refractivity contribution in [2.24, 2.45) is 0 Å². The molecule has 2 heterocycles. The summed E-state index contributed by atoms with van der Waals surface area (Å²) in [7, 11) is 0. The number of amides is 1. The third-order valence-electron chi connectivity index (χ3n) is 5.32. The van der Waals surface area contributed by atoms with Crippen LogP contribution in [0.15, 0.2) is 56.5 Å². The van der Waals surface area contributed by atoms with Crippen molar-refractivity contribution in [1.82, 2.24) is 14.5 Å². The number of carbonyl (C=O) groups excluding carboxylic acids is 1. The second-order valence-electron chi connectivity index (χ2n) is 8.19. The predicted molar refractivity (Wildman–Crippen MR) is 121 cm³/mol. The molecule has 0 unspecified atom stereocenters. The highest BCUT2D eigenvalue weighted by Gasteiger charge is 2.21. The van der Waals surface area contributed by atoms with Gasteiger partial charge in [-0.1, -0.05) is 35.9 Å². The number of rotatable bonds is 5. The summed E-state index contributed by atoms with van der Waals surface area (Å²) in [6.45, 7) is 7.51. The van der Waals surface area contributed by atoms with E-state index in [2.05, 4.69) is 5.32 Å². The minimum Gasteiger partial charge on any atom is -0.449 e. The molecule has 160 valence electrons. The Balaban J connectivity index is 1.99. The van der Waals surface area contributed by atoms with E-state index in [1.165, 1.54) is 4.57 Å². The summed E-state index contributed by atoms with van der Waals surface area (Å²) in [5.74, 6) is -0.400. The lowest BCUT2D eigenvalue weighted by atomic mass is 10.1. The Labute approximate surface area is 178 Å². The van der Waals surface area contributed by atoms with E-state index in [1.54, 1.807) is 6.07 Å². The average molecular weight is 419 g/mol. The highest BCUT2D eigenvalue weighted by molar-refractivity contribution is 6.02. The molecule has 0 saturated heterocycles. The molecule has 0 aliphatic rings. The van der Waals surface area contributed by atoms with Gasteiger partial charge in [-0.25, -0.2) is 9.36 Å². The van der Waals surface area contributed by atoms with Gasteiger partial charge >= 0.3 is 5.69 Å². The zero-order chi connectivity index (χ0) is 22.3. The number of aryl methyl sites for hydroxylation is 2. The van der Waals surface area contributed by atoms with E-state index in [9.17, 15) is 14.4 Å². The fourth-order valence-corrected chi connectivity index (χ4v) is 3.83. The zero-order valence-corrected chi connectivity index (χ0v) is 18.1. The third-order valence-corrected chi connectivity index (χ3v) is 5.32. The molecule has 2 aromatic heterocycles. The maximum atomic E-state index is 13.5. The van der Waals surface area contributed by atoms with Crippen LogP contribution in [0.1, 0.15) is 30.5 Å². The van der Waals surface area contributed by atoms with Gasteiger partial charge < -0.3 is 9.73 Å².